The van der Waals surface area contributed by atoms with Gasteiger partial charge in [0.05, 0.1) is 0 Å². The van der Waals surface area contributed by atoms with E-state index >= 15 is 0 Å². The molecular formula is C21H43NO2. The smallest absolute Gasteiger partial charge is 0.300 e. The first-order chi connectivity index (χ1) is 11.6. The van der Waals surface area contributed by atoms with Crippen molar-refractivity contribution in [3.05, 3.63) is 0 Å². The third-order valence-corrected chi connectivity index (χ3v) is 4.88. The van der Waals surface area contributed by atoms with Gasteiger partial charge in [-0.05, 0) is 44.7 Å². The molecule has 0 bridgehead atoms. The summed E-state index contributed by atoms with van der Waals surface area (Å²) in [6.07, 6.45) is 18.8. The molecule has 3 heteroatoms. The van der Waals surface area contributed by atoms with Gasteiger partial charge >= 0.3 is 0 Å². The number of piperidine rings is 1. The van der Waals surface area contributed by atoms with Crippen molar-refractivity contribution in [3.63, 3.8) is 0 Å². The third-order valence-electron chi connectivity index (χ3n) is 4.88. The van der Waals surface area contributed by atoms with Crippen LogP contribution in [0.5, 0.6) is 0 Å². The van der Waals surface area contributed by atoms with E-state index in [9.17, 15) is 0 Å². The Hall–Kier alpha value is -0.570. The first-order valence-electron chi connectivity index (χ1n) is 10.5. The molecule has 0 spiro atoms. The molecule has 1 fully saturated rings. The minimum atomic E-state index is -0.833. The van der Waals surface area contributed by atoms with Crippen LogP contribution in [-0.2, 0) is 4.79 Å². The van der Waals surface area contributed by atoms with E-state index in [1.54, 1.807) is 0 Å². The molecule has 0 radical (unpaired) electrons. The number of carboxylic acid groups (broad SMARTS) is 1. The standard InChI is InChI=1S/C19H39N.C2H4O2/c1-3-5-6-7-8-9-10-11-12-16-20-17-13-15-19(18-20)14-4-2;1-2(3)4/h19H,3-18H2,1-2H3;1H3,(H,3,4). The summed E-state index contributed by atoms with van der Waals surface area (Å²) < 4.78 is 0. The maximum atomic E-state index is 9.00. The molecule has 144 valence electrons. The van der Waals surface area contributed by atoms with E-state index in [1.807, 2.05) is 0 Å². The number of nitrogens with zero attached hydrogens (tertiary/aromatic N) is 1. The van der Waals surface area contributed by atoms with Crippen molar-refractivity contribution in [2.24, 2.45) is 5.92 Å². The van der Waals surface area contributed by atoms with E-state index in [0.717, 1.165) is 12.8 Å². The van der Waals surface area contributed by atoms with Crippen LogP contribution in [0.2, 0.25) is 0 Å². The highest BCUT2D eigenvalue weighted by Crippen LogP contribution is 2.21. The zero-order chi connectivity index (χ0) is 18.0. The quantitative estimate of drug-likeness (QED) is 0.435. The number of carbonyl (C=O) groups is 1. The van der Waals surface area contributed by atoms with Crippen molar-refractivity contribution in [2.75, 3.05) is 19.6 Å². The number of unbranched alkanes of at least 4 members (excludes halogenated alkanes) is 8. The summed E-state index contributed by atoms with van der Waals surface area (Å²) in [6, 6.07) is 0. The zero-order valence-corrected chi connectivity index (χ0v) is 16.7. The molecule has 0 aliphatic carbocycles. The first kappa shape index (κ1) is 23.4. The highest BCUT2D eigenvalue weighted by atomic mass is 16.4. The van der Waals surface area contributed by atoms with Crippen LogP contribution in [0, 0.1) is 5.92 Å². The van der Waals surface area contributed by atoms with Crippen LogP contribution >= 0.6 is 0 Å². The molecule has 1 aliphatic heterocycles. The van der Waals surface area contributed by atoms with Crippen molar-refractivity contribution in [3.8, 4) is 0 Å². The molecule has 1 rings (SSSR count). The number of hydrogen-bond donors (Lipinski definition) is 1. The lowest BCUT2D eigenvalue weighted by atomic mass is 9.93. The average Bonchev–Trinajstić information content (AvgIpc) is 2.53. The van der Waals surface area contributed by atoms with Gasteiger partial charge in [0, 0.05) is 13.5 Å². The normalized spacial score (nSPS) is 18.0. The molecule has 1 heterocycles. The molecule has 0 amide bonds. The SMILES string of the molecule is CC(=O)O.CCCCCCCCCCCN1CCCC(CCC)C1. The fourth-order valence-electron chi connectivity index (χ4n) is 3.64. The van der Waals surface area contributed by atoms with Gasteiger partial charge in [0.15, 0.2) is 0 Å². The topological polar surface area (TPSA) is 40.5 Å². The summed E-state index contributed by atoms with van der Waals surface area (Å²) >= 11 is 0. The zero-order valence-electron chi connectivity index (χ0n) is 16.7. The number of likely N-dealkylation sites (tertiary alicyclic amines) is 1. The Kier molecular flexibility index (Phi) is 16.8. The van der Waals surface area contributed by atoms with E-state index in [-0.39, 0.29) is 0 Å². The van der Waals surface area contributed by atoms with Gasteiger partial charge in [-0.2, -0.15) is 0 Å². The van der Waals surface area contributed by atoms with E-state index in [0.29, 0.717) is 0 Å². The number of rotatable bonds is 12. The Morgan fingerprint density at radius 2 is 1.50 bits per heavy atom. The second kappa shape index (κ2) is 17.3. The summed E-state index contributed by atoms with van der Waals surface area (Å²) in [7, 11) is 0. The monoisotopic (exact) mass is 341 g/mol. The summed E-state index contributed by atoms with van der Waals surface area (Å²) in [5.74, 6) is 0.173. The van der Waals surface area contributed by atoms with Crippen LogP contribution in [0.1, 0.15) is 104 Å². The van der Waals surface area contributed by atoms with Gasteiger partial charge in [-0.15, -0.1) is 0 Å². The largest absolute Gasteiger partial charge is 0.481 e. The lowest BCUT2D eigenvalue weighted by Crippen LogP contribution is -2.35. The Labute approximate surface area is 151 Å². The Bertz CT molecular complexity index is 275. The molecule has 1 saturated heterocycles. The van der Waals surface area contributed by atoms with Crippen molar-refractivity contribution < 1.29 is 9.90 Å². The van der Waals surface area contributed by atoms with Crippen molar-refractivity contribution >= 4 is 5.97 Å². The lowest BCUT2D eigenvalue weighted by molar-refractivity contribution is -0.134. The van der Waals surface area contributed by atoms with Crippen molar-refractivity contribution in [2.45, 2.75) is 104 Å². The minimum absolute atomic E-state index is 0.833. The second-order valence-electron chi connectivity index (χ2n) is 7.44. The molecule has 1 unspecified atom stereocenters. The molecule has 0 aromatic carbocycles. The predicted molar refractivity (Wildman–Crippen MR) is 105 cm³/mol. The van der Waals surface area contributed by atoms with Crippen LogP contribution < -0.4 is 0 Å². The van der Waals surface area contributed by atoms with Crippen LogP contribution in [0.4, 0.5) is 0 Å². The molecule has 0 aromatic rings. The number of aliphatic carboxylic acids is 1. The minimum Gasteiger partial charge on any atom is -0.481 e. The van der Waals surface area contributed by atoms with E-state index in [1.165, 1.54) is 103 Å². The van der Waals surface area contributed by atoms with Gasteiger partial charge in [-0.3, -0.25) is 4.79 Å². The maximum absolute atomic E-state index is 9.00. The second-order valence-corrected chi connectivity index (χ2v) is 7.44. The van der Waals surface area contributed by atoms with Gasteiger partial charge in [-0.25, -0.2) is 0 Å². The highest BCUT2D eigenvalue weighted by molar-refractivity contribution is 5.62. The van der Waals surface area contributed by atoms with Gasteiger partial charge < -0.3 is 10.0 Å². The van der Waals surface area contributed by atoms with Crippen LogP contribution in [0.25, 0.3) is 0 Å². The number of carboxylic acids is 1. The highest BCUT2D eigenvalue weighted by Gasteiger charge is 2.18. The van der Waals surface area contributed by atoms with E-state index in [2.05, 4.69) is 18.7 Å². The average molecular weight is 342 g/mol. The summed E-state index contributed by atoms with van der Waals surface area (Å²) in [4.78, 5) is 11.7. The van der Waals surface area contributed by atoms with Gasteiger partial charge in [0.25, 0.3) is 5.97 Å². The third kappa shape index (κ3) is 16.3. The molecule has 1 aliphatic rings. The van der Waals surface area contributed by atoms with Gasteiger partial charge in [0.2, 0.25) is 0 Å². The predicted octanol–water partition coefficient (Wildman–Crippen LogP) is 6.12. The molecule has 1 atom stereocenters. The molecular weight excluding hydrogens is 298 g/mol. The molecule has 1 N–H and O–H groups in total. The Morgan fingerprint density at radius 1 is 0.958 bits per heavy atom. The van der Waals surface area contributed by atoms with E-state index in [4.69, 9.17) is 9.90 Å². The van der Waals surface area contributed by atoms with Crippen LogP contribution in [-0.4, -0.2) is 35.6 Å². The van der Waals surface area contributed by atoms with Crippen LogP contribution in [0.3, 0.4) is 0 Å². The molecule has 24 heavy (non-hydrogen) atoms. The summed E-state index contributed by atoms with van der Waals surface area (Å²) in [5.41, 5.74) is 0. The fraction of sp³-hybridized carbons (Fsp3) is 0.952. The van der Waals surface area contributed by atoms with Crippen molar-refractivity contribution in [1.29, 1.82) is 0 Å². The van der Waals surface area contributed by atoms with E-state index < -0.39 is 5.97 Å². The van der Waals surface area contributed by atoms with Crippen LogP contribution in [0.15, 0.2) is 0 Å². The Morgan fingerprint density at radius 3 is 2.04 bits per heavy atom. The molecule has 0 aromatic heterocycles. The van der Waals surface area contributed by atoms with Gasteiger partial charge in [-0.1, -0.05) is 71.6 Å². The van der Waals surface area contributed by atoms with Crippen molar-refractivity contribution in [1.82, 2.24) is 4.90 Å². The molecule has 3 nitrogen and oxygen atoms in total. The molecule has 0 saturated carbocycles. The lowest BCUT2D eigenvalue weighted by Gasteiger charge is -2.32. The summed E-state index contributed by atoms with van der Waals surface area (Å²) in [5, 5.41) is 7.42. The maximum Gasteiger partial charge on any atom is 0.300 e. The summed E-state index contributed by atoms with van der Waals surface area (Å²) in [6.45, 7) is 9.85. The van der Waals surface area contributed by atoms with Gasteiger partial charge in [0.1, 0.15) is 0 Å². The fourth-order valence-corrected chi connectivity index (χ4v) is 3.64. The first-order valence-corrected chi connectivity index (χ1v) is 10.5. The number of hydrogen-bond acceptors (Lipinski definition) is 2. The Balaban J connectivity index is 0.00000118.